The molecule has 3 aromatic carbocycles. The Morgan fingerprint density at radius 1 is 0.812 bits per heavy atom. The van der Waals surface area contributed by atoms with Gasteiger partial charge in [0.15, 0.2) is 0 Å². The minimum Gasteiger partial charge on any atom is -0.457 e. The molecule has 1 saturated carbocycles. The van der Waals surface area contributed by atoms with Gasteiger partial charge < -0.3 is 10.1 Å². The first-order valence-corrected chi connectivity index (χ1v) is 11.6. The maximum atomic E-state index is 12.5. The third kappa shape index (κ3) is 5.20. The van der Waals surface area contributed by atoms with Gasteiger partial charge >= 0.3 is 0 Å². The van der Waals surface area contributed by atoms with Crippen LogP contribution in [0.25, 0.3) is 0 Å². The van der Waals surface area contributed by atoms with Crippen LogP contribution >= 0.6 is 0 Å². The highest BCUT2D eigenvalue weighted by Crippen LogP contribution is 2.40. The van der Waals surface area contributed by atoms with Crippen molar-refractivity contribution in [3.05, 3.63) is 96.1 Å². The largest absolute Gasteiger partial charge is 0.457 e. The fourth-order valence-electron chi connectivity index (χ4n) is 4.74. The van der Waals surface area contributed by atoms with Crippen molar-refractivity contribution in [2.75, 3.05) is 19.6 Å². The van der Waals surface area contributed by atoms with Crippen LogP contribution < -0.4 is 10.1 Å². The molecule has 2 aliphatic rings. The van der Waals surface area contributed by atoms with Crippen LogP contribution in [-0.4, -0.2) is 36.5 Å². The van der Waals surface area contributed by atoms with E-state index >= 15 is 0 Å². The van der Waals surface area contributed by atoms with Crippen LogP contribution in [0.3, 0.4) is 0 Å². The molecule has 164 valence electrons. The summed E-state index contributed by atoms with van der Waals surface area (Å²) >= 11 is 0. The normalized spacial score (nSPS) is 21.1. The molecule has 4 nitrogen and oxygen atoms in total. The molecular formula is C28H30N2O2. The van der Waals surface area contributed by atoms with Gasteiger partial charge in [0.25, 0.3) is 0 Å². The fraction of sp³-hybridized carbons (Fsp3) is 0.321. The van der Waals surface area contributed by atoms with E-state index in [9.17, 15) is 4.79 Å². The predicted molar refractivity (Wildman–Crippen MR) is 127 cm³/mol. The number of rotatable bonds is 7. The average molecular weight is 427 g/mol. The minimum atomic E-state index is 0.161. The summed E-state index contributed by atoms with van der Waals surface area (Å²) in [5, 5.41) is 3.22. The van der Waals surface area contributed by atoms with Gasteiger partial charge in [0.05, 0.1) is 6.54 Å². The number of piperidine rings is 1. The first kappa shape index (κ1) is 20.8. The number of amides is 1. The van der Waals surface area contributed by atoms with Gasteiger partial charge in [0.1, 0.15) is 11.5 Å². The van der Waals surface area contributed by atoms with Gasteiger partial charge in [-0.3, -0.25) is 9.69 Å². The molecule has 1 saturated heterocycles. The summed E-state index contributed by atoms with van der Waals surface area (Å²) in [6.45, 7) is 2.44. The Kier molecular flexibility index (Phi) is 6.22. The third-order valence-corrected chi connectivity index (χ3v) is 6.65. The lowest BCUT2D eigenvalue weighted by Crippen LogP contribution is -2.42. The second-order valence-corrected chi connectivity index (χ2v) is 8.96. The van der Waals surface area contributed by atoms with Gasteiger partial charge in [0, 0.05) is 12.0 Å². The number of nitrogens with one attached hydrogen (secondary N) is 1. The van der Waals surface area contributed by atoms with Gasteiger partial charge in [-0.25, -0.2) is 0 Å². The molecule has 1 aliphatic heterocycles. The van der Waals surface area contributed by atoms with Crippen molar-refractivity contribution in [2.45, 2.75) is 37.1 Å². The number of ether oxygens (including phenoxy) is 1. The molecule has 0 spiro atoms. The Balaban J connectivity index is 1.06. The second kappa shape index (κ2) is 9.58. The molecule has 32 heavy (non-hydrogen) atoms. The minimum absolute atomic E-state index is 0.161. The van der Waals surface area contributed by atoms with Crippen LogP contribution in [0.5, 0.6) is 11.5 Å². The summed E-state index contributed by atoms with van der Waals surface area (Å²) in [6, 6.07) is 29.1. The molecule has 3 aromatic rings. The topological polar surface area (TPSA) is 41.6 Å². The van der Waals surface area contributed by atoms with E-state index in [1.165, 1.54) is 11.1 Å². The molecule has 0 unspecified atom stereocenters. The molecule has 1 heterocycles. The first-order valence-electron chi connectivity index (χ1n) is 11.6. The molecule has 0 aromatic heterocycles. The standard InChI is InChI=1S/C28H30N2O2/c31-28(29-27-19-26(27)23-7-3-1-4-8-23)20-30-17-15-22(16-18-30)21-11-13-25(14-12-21)32-24-9-5-2-6-10-24/h1-14,22,26-27H,15-20H2,(H,29,31)/t26-,27+/m0/s1. The maximum absolute atomic E-state index is 12.5. The highest BCUT2D eigenvalue weighted by Gasteiger charge is 2.39. The Morgan fingerprint density at radius 3 is 2.12 bits per heavy atom. The molecule has 1 amide bonds. The Morgan fingerprint density at radius 2 is 1.44 bits per heavy atom. The highest BCUT2D eigenvalue weighted by molar-refractivity contribution is 5.79. The summed E-state index contributed by atoms with van der Waals surface area (Å²) in [6.07, 6.45) is 3.23. The van der Waals surface area contributed by atoms with Crippen molar-refractivity contribution in [3.8, 4) is 11.5 Å². The number of hydrogen-bond donors (Lipinski definition) is 1. The number of benzene rings is 3. The zero-order valence-electron chi connectivity index (χ0n) is 18.3. The molecule has 2 atom stereocenters. The summed E-state index contributed by atoms with van der Waals surface area (Å²) in [5.41, 5.74) is 2.69. The van der Waals surface area contributed by atoms with Gasteiger partial charge in [-0.05, 0) is 73.7 Å². The lowest BCUT2D eigenvalue weighted by atomic mass is 9.89. The number of likely N-dealkylation sites (tertiary alicyclic amines) is 1. The van der Waals surface area contributed by atoms with Crippen molar-refractivity contribution in [1.29, 1.82) is 0 Å². The SMILES string of the molecule is O=C(CN1CCC(c2ccc(Oc3ccccc3)cc2)CC1)N[C@@H]1C[C@H]1c1ccccc1. The van der Waals surface area contributed by atoms with Crippen LogP contribution in [0.1, 0.15) is 42.2 Å². The molecular weight excluding hydrogens is 396 g/mol. The number of carbonyl (C=O) groups is 1. The molecule has 4 heteroatoms. The monoisotopic (exact) mass is 426 g/mol. The summed E-state index contributed by atoms with van der Waals surface area (Å²) < 4.78 is 5.90. The van der Waals surface area contributed by atoms with E-state index < -0.39 is 0 Å². The van der Waals surface area contributed by atoms with E-state index in [1.54, 1.807) is 0 Å². The fourth-order valence-corrected chi connectivity index (χ4v) is 4.74. The Bertz CT molecular complexity index is 1010. The second-order valence-electron chi connectivity index (χ2n) is 8.96. The first-order chi connectivity index (χ1) is 15.7. The Labute approximate surface area is 190 Å². The lowest BCUT2D eigenvalue weighted by molar-refractivity contribution is -0.122. The number of para-hydroxylation sites is 1. The van der Waals surface area contributed by atoms with Crippen LogP contribution in [0.4, 0.5) is 0 Å². The van der Waals surface area contributed by atoms with E-state index in [2.05, 4.69) is 58.7 Å². The summed E-state index contributed by atoms with van der Waals surface area (Å²) in [5.74, 6) is 2.91. The smallest absolute Gasteiger partial charge is 0.234 e. The van der Waals surface area contributed by atoms with Gasteiger partial charge in [-0.2, -0.15) is 0 Å². The highest BCUT2D eigenvalue weighted by atomic mass is 16.5. The van der Waals surface area contributed by atoms with Crippen molar-refractivity contribution in [2.24, 2.45) is 0 Å². The van der Waals surface area contributed by atoms with E-state index in [1.807, 2.05) is 36.4 Å². The van der Waals surface area contributed by atoms with Crippen molar-refractivity contribution >= 4 is 5.91 Å². The average Bonchev–Trinajstić information content (AvgIpc) is 3.60. The van der Waals surface area contributed by atoms with E-state index in [-0.39, 0.29) is 5.91 Å². The molecule has 5 rings (SSSR count). The molecule has 1 aliphatic carbocycles. The summed E-state index contributed by atoms with van der Waals surface area (Å²) in [4.78, 5) is 14.8. The third-order valence-electron chi connectivity index (χ3n) is 6.65. The molecule has 2 fully saturated rings. The van der Waals surface area contributed by atoms with Crippen LogP contribution in [0, 0.1) is 0 Å². The number of hydrogen-bond acceptors (Lipinski definition) is 3. The predicted octanol–water partition coefficient (Wildman–Crippen LogP) is 5.33. The van der Waals surface area contributed by atoms with Gasteiger partial charge in [0.2, 0.25) is 5.91 Å². The Hall–Kier alpha value is -3.11. The maximum Gasteiger partial charge on any atom is 0.234 e. The van der Waals surface area contributed by atoms with E-state index in [4.69, 9.17) is 4.74 Å². The molecule has 0 radical (unpaired) electrons. The van der Waals surface area contributed by atoms with Crippen molar-refractivity contribution in [3.63, 3.8) is 0 Å². The molecule has 0 bridgehead atoms. The van der Waals surface area contributed by atoms with Crippen molar-refractivity contribution < 1.29 is 9.53 Å². The quantitative estimate of drug-likeness (QED) is 0.555. The zero-order chi connectivity index (χ0) is 21.8. The molecule has 1 N–H and O–H groups in total. The van der Waals surface area contributed by atoms with Crippen molar-refractivity contribution in [1.82, 2.24) is 10.2 Å². The van der Waals surface area contributed by atoms with Gasteiger partial charge in [-0.15, -0.1) is 0 Å². The van der Waals surface area contributed by atoms with Crippen LogP contribution in [0.15, 0.2) is 84.9 Å². The van der Waals surface area contributed by atoms with E-state index in [0.29, 0.717) is 24.4 Å². The summed E-state index contributed by atoms with van der Waals surface area (Å²) in [7, 11) is 0. The number of carbonyl (C=O) groups excluding carboxylic acids is 1. The van der Waals surface area contributed by atoms with Crippen LogP contribution in [0.2, 0.25) is 0 Å². The lowest BCUT2D eigenvalue weighted by Gasteiger charge is -2.31. The van der Waals surface area contributed by atoms with Crippen LogP contribution in [-0.2, 0) is 4.79 Å². The zero-order valence-corrected chi connectivity index (χ0v) is 18.3. The number of nitrogens with zero attached hydrogens (tertiary/aromatic N) is 1. The van der Waals surface area contributed by atoms with E-state index in [0.717, 1.165) is 43.9 Å². The van der Waals surface area contributed by atoms with Gasteiger partial charge in [-0.1, -0.05) is 60.7 Å².